The summed E-state index contributed by atoms with van der Waals surface area (Å²) in [6.07, 6.45) is 0.985. The summed E-state index contributed by atoms with van der Waals surface area (Å²) < 4.78 is 9.62. The molecule has 0 radical (unpaired) electrons. The Bertz CT molecular complexity index is 656. The lowest BCUT2D eigenvalue weighted by Gasteiger charge is -2.06. The van der Waals surface area contributed by atoms with Crippen LogP contribution in [0.4, 0.5) is 0 Å². The fourth-order valence-corrected chi connectivity index (χ4v) is 2.88. The average Bonchev–Trinajstić information content (AvgIpc) is 2.92. The molecular formula is C17H19NO2S. The molecule has 2 aromatic rings. The van der Waals surface area contributed by atoms with Crippen LogP contribution in [0.15, 0.2) is 30.8 Å². The van der Waals surface area contributed by atoms with Gasteiger partial charge >= 0.3 is 5.97 Å². The summed E-state index contributed by atoms with van der Waals surface area (Å²) in [5, 5.41) is 0. The Labute approximate surface area is 129 Å². The van der Waals surface area contributed by atoms with E-state index in [2.05, 4.69) is 30.0 Å². The predicted molar refractivity (Wildman–Crippen MR) is 87.6 cm³/mol. The highest BCUT2D eigenvalue weighted by molar-refractivity contribution is 7.07. The Morgan fingerprint density at radius 3 is 2.48 bits per heavy atom. The first-order valence-electron chi connectivity index (χ1n) is 7.00. The zero-order valence-corrected chi connectivity index (χ0v) is 13.4. The van der Waals surface area contributed by atoms with E-state index in [1.54, 1.807) is 6.92 Å². The Balaban J connectivity index is 2.52. The van der Waals surface area contributed by atoms with Gasteiger partial charge in [-0.2, -0.15) is 4.37 Å². The molecule has 0 aliphatic rings. The molecule has 0 bridgehead atoms. The van der Waals surface area contributed by atoms with Crippen LogP contribution in [0.5, 0.6) is 0 Å². The van der Waals surface area contributed by atoms with E-state index in [1.807, 2.05) is 19.1 Å². The van der Waals surface area contributed by atoms with Crippen LogP contribution in [-0.4, -0.2) is 16.9 Å². The third kappa shape index (κ3) is 3.22. The minimum atomic E-state index is -0.334. The molecule has 110 valence electrons. The quantitative estimate of drug-likeness (QED) is 0.759. The molecule has 0 fully saturated rings. The lowest BCUT2D eigenvalue weighted by molar-refractivity contribution is 0.0527. The van der Waals surface area contributed by atoms with Crippen molar-refractivity contribution < 1.29 is 9.53 Å². The van der Waals surface area contributed by atoms with Crippen LogP contribution in [-0.2, 0) is 11.2 Å². The van der Waals surface area contributed by atoms with E-state index < -0.39 is 0 Å². The molecule has 3 nitrogen and oxygen atoms in total. The third-order valence-electron chi connectivity index (χ3n) is 3.19. The van der Waals surface area contributed by atoms with Crippen molar-refractivity contribution in [3.8, 4) is 11.3 Å². The summed E-state index contributed by atoms with van der Waals surface area (Å²) in [6, 6.07) is 8.12. The normalized spacial score (nSPS) is 10.4. The molecule has 4 heteroatoms. The van der Waals surface area contributed by atoms with Gasteiger partial charge in [0.2, 0.25) is 0 Å². The van der Waals surface area contributed by atoms with Crippen molar-refractivity contribution in [2.45, 2.75) is 27.2 Å². The van der Waals surface area contributed by atoms with E-state index in [-0.39, 0.29) is 5.97 Å². The van der Waals surface area contributed by atoms with Crippen LogP contribution < -0.4 is 0 Å². The maximum absolute atomic E-state index is 12.3. The summed E-state index contributed by atoms with van der Waals surface area (Å²) in [5.74, 6) is -0.334. The standard InChI is InChI=1S/C17H19NO2S/c1-5-12-7-9-13(10-8-12)15-14(17(19)20-6-2)16(11(3)4)21-18-15/h7-10H,3,5-6H2,1-2,4H3. The van der Waals surface area contributed by atoms with Crippen molar-refractivity contribution >= 4 is 23.1 Å². The molecule has 0 atom stereocenters. The van der Waals surface area contributed by atoms with Crippen LogP contribution in [0.3, 0.4) is 0 Å². The lowest BCUT2D eigenvalue weighted by Crippen LogP contribution is -2.07. The first-order chi connectivity index (χ1) is 10.1. The number of carbonyl (C=O) groups is 1. The van der Waals surface area contributed by atoms with Crippen LogP contribution >= 0.6 is 11.5 Å². The Morgan fingerprint density at radius 2 is 1.95 bits per heavy atom. The van der Waals surface area contributed by atoms with Crippen molar-refractivity contribution in [3.63, 3.8) is 0 Å². The van der Waals surface area contributed by atoms with E-state index >= 15 is 0 Å². The topological polar surface area (TPSA) is 39.2 Å². The minimum Gasteiger partial charge on any atom is -0.462 e. The van der Waals surface area contributed by atoms with Gasteiger partial charge in [-0.05, 0) is 42.9 Å². The van der Waals surface area contributed by atoms with Gasteiger partial charge in [0.1, 0.15) is 5.56 Å². The number of aryl methyl sites for hydroxylation is 1. The van der Waals surface area contributed by atoms with Crippen LogP contribution in [0.25, 0.3) is 16.8 Å². The second-order valence-electron chi connectivity index (χ2n) is 4.79. The fraction of sp³-hybridized carbons (Fsp3) is 0.294. The average molecular weight is 301 g/mol. The summed E-state index contributed by atoms with van der Waals surface area (Å²) in [6.45, 7) is 10.1. The molecule has 0 amide bonds. The summed E-state index contributed by atoms with van der Waals surface area (Å²) >= 11 is 1.29. The number of aromatic nitrogens is 1. The highest BCUT2D eigenvalue weighted by atomic mass is 32.1. The molecular weight excluding hydrogens is 282 g/mol. The monoisotopic (exact) mass is 301 g/mol. The molecule has 21 heavy (non-hydrogen) atoms. The summed E-state index contributed by atoms with van der Waals surface area (Å²) in [5.41, 5.74) is 4.22. The molecule has 0 aliphatic heterocycles. The largest absolute Gasteiger partial charge is 0.462 e. The number of nitrogens with zero attached hydrogens (tertiary/aromatic N) is 1. The van der Waals surface area contributed by atoms with Gasteiger partial charge in [-0.25, -0.2) is 4.79 Å². The second-order valence-corrected chi connectivity index (χ2v) is 5.56. The van der Waals surface area contributed by atoms with Gasteiger partial charge in [0, 0.05) is 5.56 Å². The predicted octanol–water partition coefficient (Wildman–Crippen LogP) is 4.58. The van der Waals surface area contributed by atoms with E-state index in [0.29, 0.717) is 17.9 Å². The van der Waals surface area contributed by atoms with Crippen molar-refractivity contribution in [1.29, 1.82) is 0 Å². The number of benzene rings is 1. The van der Waals surface area contributed by atoms with Gasteiger partial charge in [0.05, 0.1) is 17.2 Å². The van der Waals surface area contributed by atoms with Gasteiger partial charge in [-0.15, -0.1) is 0 Å². The van der Waals surface area contributed by atoms with Crippen LogP contribution in [0.1, 0.15) is 41.6 Å². The van der Waals surface area contributed by atoms with E-state index in [0.717, 1.165) is 22.4 Å². The van der Waals surface area contributed by atoms with Gasteiger partial charge < -0.3 is 4.74 Å². The number of esters is 1. The SMILES string of the molecule is C=C(C)c1snc(-c2ccc(CC)cc2)c1C(=O)OCC. The number of ether oxygens (including phenoxy) is 1. The number of carbonyl (C=O) groups excluding carboxylic acids is 1. The van der Waals surface area contributed by atoms with Gasteiger partial charge in [-0.3, -0.25) is 0 Å². The van der Waals surface area contributed by atoms with Crippen molar-refractivity contribution in [2.24, 2.45) is 0 Å². The summed E-state index contributed by atoms with van der Waals surface area (Å²) in [7, 11) is 0. The first-order valence-corrected chi connectivity index (χ1v) is 7.77. The molecule has 0 spiro atoms. The van der Waals surface area contributed by atoms with E-state index in [1.165, 1.54) is 17.1 Å². The molecule has 1 heterocycles. The van der Waals surface area contributed by atoms with Gasteiger partial charge in [0.15, 0.2) is 0 Å². The Morgan fingerprint density at radius 1 is 1.29 bits per heavy atom. The Hall–Kier alpha value is -1.94. The van der Waals surface area contributed by atoms with Gasteiger partial charge in [0.25, 0.3) is 0 Å². The molecule has 0 saturated carbocycles. The minimum absolute atomic E-state index is 0.334. The molecule has 0 unspecified atom stereocenters. The zero-order valence-electron chi connectivity index (χ0n) is 12.6. The molecule has 2 rings (SSSR count). The zero-order chi connectivity index (χ0) is 15.4. The van der Waals surface area contributed by atoms with Crippen molar-refractivity contribution in [2.75, 3.05) is 6.61 Å². The first kappa shape index (κ1) is 15.4. The maximum atomic E-state index is 12.3. The molecule has 0 saturated heterocycles. The maximum Gasteiger partial charge on any atom is 0.341 e. The number of hydrogen-bond acceptors (Lipinski definition) is 4. The van der Waals surface area contributed by atoms with E-state index in [4.69, 9.17) is 4.74 Å². The highest BCUT2D eigenvalue weighted by Gasteiger charge is 2.23. The summed E-state index contributed by atoms with van der Waals surface area (Å²) in [4.78, 5) is 13.0. The third-order valence-corrected chi connectivity index (χ3v) is 4.20. The number of rotatable bonds is 5. The van der Waals surface area contributed by atoms with Crippen LogP contribution in [0.2, 0.25) is 0 Å². The van der Waals surface area contributed by atoms with E-state index in [9.17, 15) is 4.79 Å². The van der Waals surface area contributed by atoms with Crippen molar-refractivity contribution in [3.05, 3.63) is 46.8 Å². The smallest absolute Gasteiger partial charge is 0.341 e. The van der Waals surface area contributed by atoms with Crippen molar-refractivity contribution in [1.82, 2.24) is 4.37 Å². The van der Waals surface area contributed by atoms with Crippen LogP contribution in [0, 0.1) is 0 Å². The molecule has 0 N–H and O–H groups in total. The van der Waals surface area contributed by atoms with Gasteiger partial charge in [-0.1, -0.05) is 37.8 Å². The number of hydrogen-bond donors (Lipinski definition) is 0. The molecule has 1 aromatic carbocycles. The molecule has 1 aromatic heterocycles. The fourth-order valence-electron chi connectivity index (χ4n) is 2.07. The second kappa shape index (κ2) is 6.68. The lowest BCUT2D eigenvalue weighted by atomic mass is 10.0. The molecule has 0 aliphatic carbocycles. The number of allylic oxidation sites excluding steroid dienone is 1. The highest BCUT2D eigenvalue weighted by Crippen LogP contribution is 2.33. The Kier molecular flexibility index (Phi) is 4.91.